The minimum absolute atomic E-state index is 0.283. The first kappa shape index (κ1) is 13.5. The molecule has 1 fully saturated rings. The molecule has 0 spiro atoms. The molecule has 1 atom stereocenters. The van der Waals surface area contributed by atoms with Crippen LogP contribution >= 0.6 is 23.2 Å². The Hall–Kier alpha value is -0.930. The molecule has 0 N–H and O–H groups in total. The lowest BCUT2D eigenvalue weighted by atomic mass is 10.1. The zero-order valence-corrected chi connectivity index (χ0v) is 11.2. The van der Waals surface area contributed by atoms with Crippen LogP contribution in [0.1, 0.15) is 5.56 Å². The summed E-state index contributed by atoms with van der Waals surface area (Å²) in [6.07, 6.45) is 1.74. The van der Waals surface area contributed by atoms with Gasteiger partial charge in [0.25, 0.3) is 0 Å². The number of halogens is 2. The van der Waals surface area contributed by atoms with Crippen molar-refractivity contribution in [3.63, 3.8) is 0 Å². The number of nitriles is 1. The summed E-state index contributed by atoms with van der Waals surface area (Å²) in [6.45, 7) is 2.76. The lowest BCUT2D eigenvalue weighted by molar-refractivity contribution is 0.0270. The van der Waals surface area contributed by atoms with Crippen LogP contribution in [0.4, 0.5) is 0 Å². The van der Waals surface area contributed by atoms with Crippen LogP contribution < -0.4 is 0 Å². The first-order valence-corrected chi connectivity index (χ1v) is 6.34. The molecule has 0 amide bonds. The van der Waals surface area contributed by atoms with E-state index < -0.39 is 0 Å². The van der Waals surface area contributed by atoms with Gasteiger partial charge in [0, 0.05) is 25.1 Å². The van der Waals surface area contributed by atoms with Gasteiger partial charge in [-0.05, 0) is 0 Å². The van der Waals surface area contributed by atoms with Crippen molar-refractivity contribution in [2.24, 2.45) is 0 Å². The second kappa shape index (κ2) is 6.30. The summed E-state index contributed by atoms with van der Waals surface area (Å²) < 4.78 is 5.26. The van der Waals surface area contributed by atoms with E-state index in [0.717, 1.165) is 13.1 Å². The van der Waals surface area contributed by atoms with E-state index in [-0.39, 0.29) is 6.04 Å². The molecule has 2 rings (SSSR count). The van der Waals surface area contributed by atoms with E-state index in [2.05, 4.69) is 20.9 Å². The predicted octanol–water partition coefficient (Wildman–Crippen LogP) is 1.55. The fraction of sp³-hybridized carbons (Fsp3) is 0.545. The molecular formula is C11H12Cl2N4O. The molecule has 0 bridgehead atoms. The van der Waals surface area contributed by atoms with Crippen LogP contribution in [-0.2, 0) is 11.2 Å². The van der Waals surface area contributed by atoms with Gasteiger partial charge < -0.3 is 4.74 Å². The van der Waals surface area contributed by atoms with Crippen LogP contribution in [0, 0.1) is 11.3 Å². The highest BCUT2D eigenvalue weighted by Crippen LogP contribution is 2.22. The Morgan fingerprint density at radius 3 is 2.50 bits per heavy atom. The highest BCUT2D eigenvalue weighted by molar-refractivity contribution is 6.34. The van der Waals surface area contributed by atoms with Crippen molar-refractivity contribution in [3.8, 4) is 6.07 Å². The van der Waals surface area contributed by atoms with Gasteiger partial charge in [0.15, 0.2) is 0 Å². The Labute approximate surface area is 115 Å². The Morgan fingerprint density at radius 2 is 1.94 bits per heavy atom. The Kier molecular flexibility index (Phi) is 4.72. The molecule has 0 aromatic carbocycles. The van der Waals surface area contributed by atoms with Crippen LogP contribution in [0.3, 0.4) is 0 Å². The molecule has 0 aliphatic carbocycles. The fourth-order valence-corrected chi connectivity index (χ4v) is 2.35. The zero-order chi connectivity index (χ0) is 13.0. The zero-order valence-electron chi connectivity index (χ0n) is 9.64. The summed E-state index contributed by atoms with van der Waals surface area (Å²) in [5.41, 5.74) is 0.624. The maximum Gasteiger partial charge on any atom is 0.137 e. The third kappa shape index (κ3) is 3.09. The first-order chi connectivity index (χ1) is 8.72. The first-order valence-electron chi connectivity index (χ1n) is 5.58. The third-order valence-electron chi connectivity index (χ3n) is 2.87. The molecule has 2 heterocycles. The van der Waals surface area contributed by atoms with E-state index >= 15 is 0 Å². The van der Waals surface area contributed by atoms with Crippen LogP contribution in [-0.4, -0.2) is 47.2 Å². The van der Waals surface area contributed by atoms with E-state index in [1.165, 1.54) is 6.33 Å². The van der Waals surface area contributed by atoms with Gasteiger partial charge in [0.2, 0.25) is 0 Å². The van der Waals surface area contributed by atoms with Gasteiger partial charge in [0.1, 0.15) is 22.7 Å². The maximum atomic E-state index is 9.26. The number of hydrogen-bond acceptors (Lipinski definition) is 5. The van der Waals surface area contributed by atoms with Gasteiger partial charge in [-0.1, -0.05) is 23.2 Å². The topological polar surface area (TPSA) is 62.0 Å². The van der Waals surface area contributed by atoms with Crippen molar-refractivity contribution in [2.45, 2.75) is 12.5 Å². The summed E-state index contributed by atoms with van der Waals surface area (Å²) in [4.78, 5) is 9.84. The standard InChI is InChI=1S/C11H12Cl2N4O/c12-10-9(11(13)16-7-15-10)5-8(6-14)17-1-3-18-4-2-17/h7-8H,1-5H2. The molecule has 96 valence electrons. The molecule has 1 unspecified atom stereocenters. The molecule has 5 nitrogen and oxygen atoms in total. The maximum absolute atomic E-state index is 9.26. The van der Waals surface area contributed by atoms with Crippen molar-refractivity contribution >= 4 is 23.2 Å². The van der Waals surface area contributed by atoms with E-state index in [4.69, 9.17) is 27.9 Å². The normalized spacial score (nSPS) is 18.3. The molecule has 1 aromatic heterocycles. The number of morpholine rings is 1. The SMILES string of the molecule is N#CC(Cc1c(Cl)ncnc1Cl)N1CCOCC1. The smallest absolute Gasteiger partial charge is 0.137 e. The van der Waals surface area contributed by atoms with E-state index in [1.807, 2.05) is 0 Å². The number of rotatable bonds is 3. The Balaban J connectivity index is 2.13. The Morgan fingerprint density at radius 1 is 1.33 bits per heavy atom. The van der Waals surface area contributed by atoms with E-state index in [1.54, 1.807) is 0 Å². The summed E-state index contributed by atoms with van der Waals surface area (Å²) in [6, 6.07) is 1.99. The van der Waals surface area contributed by atoms with Crippen molar-refractivity contribution in [3.05, 3.63) is 22.2 Å². The summed E-state index contributed by atoms with van der Waals surface area (Å²) in [7, 11) is 0. The molecule has 1 aliphatic rings. The van der Waals surface area contributed by atoms with Gasteiger partial charge in [0.05, 0.1) is 19.3 Å². The quantitative estimate of drug-likeness (QED) is 0.789. The minimum Gasteiger partial charge on any atom is -0.379 e. The van der Waals surface area contributed by atoms with Crippen LogP contribution in [0.15, 0.2) is 6.33 Å². The third-order valence-corrected chi connectivity index (χ3v) is 3.52. The summed E-state index contributed by atoms with van der Waals surface area (Å²) >= 11 is 12.0. The van der Waals surface area contributed by atoms with Crippen molar-refractivity contribution in [1.29, 1.82) is 5.26 Å². The summed E-state index contributed by atoms with van der Waals surface area (Å²) in [5, 5.41) is 9.88. The Bertz CT molecular complexity index is 437. The van der Waals surface area contributed by atoms with Crippen molar-refractivity contribution < 1.29 is 4.74 Å². The molecule has 18 heavy (non-hydrogen) atoms. The molecular weight excluding hydrogens is 275 g/mol. The van der Waals surface area contributed by atoms with Gasteiger partial charge in [-0.2, -0.15) is 5.26 Å². The number of ether oxygens (including phenoxy) is 1. The van der Waals surface area contributed by atoms with Crippen molar-refractivity contribution in [1.82, 2.24) is 14.9 Å². The minimum atomic E-state index is -0.283. The molecule has 1 aliphatic heterocycles. The molecule has 0 saturated carbocycles. The van der Waals surface area contributed by atoms with Gasteiger partial charge in [-0.15, -0.1) is 0 Å². The van der Waals surface area contributed by atoms with Gasteiger partial charge in [-0.3, -0.25) is 4.90 Å². The van der Waals surface area contributed by atoms with Crippen LogP contribution in [0.25, 0.3) is 0 Å². The summed E-state index contributed by atoms with van der Waals surface area (Å²) in [5.74, 6) is 0. The predicted molar refractivity (Wildman–Crippen MR) is 67.5 cm³/mol. The molecule has 1 aromatic rings. The largest absolute Gasteiger partial charge is 0.379 e. The lowest BCUT2D eigenvalue weighted by Crippen LogP contribution is -2.44. The average molecular weight is 287 g/mol. The molecule has 7 heteroatoms. The highest BCUT2D eigenvalue weighted by atomic mass is 35.5. The van der Waals surface area contributed by atoms with Crippen LogP contribution in [0.5, 0.6) is 0 Å². The second-order valence-electron chi connectivity index (χ2n) is 3.93. The average Bonchev–Trinajstić information content (AvgIpc) is 2.40. The monoisotopic (exact) mass is 286 g/mol. The molecule has 0 radical (unpaired) electrons. The highest BCUT2D eigenvalue weighted by Gasteiger charge is 2.23. The van der Waals surface area contributed by atoms with E-state index in [0.29, 0.717) is 35.5 Å². The van der Waals surface area contributed by atoms with Gasteiger partial charge in [-0.25, -0.2) is 9.97 Å². The molecule has 1 saturated heterocycles. The number of hydrogen-bond donors (Lipinski definition) is 0. The van der Waals surface area contributed by atoms with Gasteiger partial charge >= 0.3 is 0 Å². The van der Waals surface area contributed by atoms with E-state index in [9.17, 15) is 5.26 Å². The lowest BCUT2D eigenvalue weighted by Gasteiger charge is -2.30. The number of aromatic nitrogens is 2. The van der Waals surface area contributed by atoms with Crippen LogP contribution in [0.2, 0.25) is 10.3 Å². The van der Waals surface area contributed by atoms with Crippen molar-refractivity contribution in [2.75, 3.05) is 26.3 Å². The fourth-order valence-electron chi connectivity index (χ4n) is 1.88. The second-order valence-corrected chi connectivity index (χ2v) is 4.65. The number of nitrogens with zero attached hydrogens (tertiary/aromatic N) is 4.